The predicted octanol–water partition coefficient (Wildman–Crippen LogP) is 3.92. The van der Waals surface area contributed by atoms with Crippen LogP contribution in [0.4, 0.5) is 19.1 Å². The summed E-state index contributed by atoms with van der Waals surface area (Å²) in [5.74, 6) is 0.290. The van der Waals surface area contributed by atoms with E-state index in [-0.39, 0.29) is 6.04 Å². The first-order valence-corrected chi connectivity index (χ1v) is 6.83. The first-order chi connectivity index (χ1) is 9.86. The third-order valence-corrected chi connectivity index (χ3v) is 3.84. The van der Waals surface area contributed by atoms with Crippen LogP contribution in [0.5, 0.6) is 0 Å². The summed E-state index contributed by atoms with van der Waals surface area (Å²) in [6.45, 7) is 4.61. The monoisotopic (exact) mass is 295 g/mol. The Bertz CT molecular complexity index is 673. The number of alkyl halides is 3. The molecule has 0 spiro atoms. The lowest BCUT2D eigenvalue weighted by Gasteiger charge is -2.27. The number of fused-ring (bicyclic) bond motifs is 1. The van der Waals surface area contributed by atoms with Gasteiger partial charge in [0.2, 0.25) is 5.95 Å². The average molecular weight is 295 g/mol. The number of nitrogens with one attached hydrogen (secondary N) is 1. The fourth-order valence-corrected chi connectivity index (χ4v) is 2.86. The first kappa shape index (κ1) is 14.0. The van der Waals surface area contributed by atoms with Crippen molar-refractivity contribution in [3.63, 3.8) is 0 Å². The molecule has 1 aliphatic rings. The molecule has 0 saturated heterocycles. The molecule has 1 unspecified atom stereocenters. The maximum absolute atomic E-state index is 12.8. The van der Waals surface area contributed by atoms with E-state index in [1.54, 1.807) is 4.57 Å². The van der Waals surface area contributed by atoms with Crippen molar-refractivity contribution in [1.29, 1.82) is 0 Å². The number of nitrogens with zero attached hydrogens (tertiary/aromatic N) is 2. The van der Waals surface area contributed by atoms with Gasteiger partial charge in [0.05, 0.1) is 6.04 Å². The summed E-state index contributed by atoms with van der Waals surface area (Å²) in [7, 11) is 0. The SMILES string of the molecule is Cc1ccc(C2CCNc3nc(C(F)(F)F)cn32)c(C)c1. The quantitative estimate of drug-likeness (QED) is 0.864. The van der Waals surface area contributed by atoms with Crippen LogP contribution in [-0.4, -0.2) is 16.1 Å². The molecule has 1 aromatic carbocycles. The van der Waals surface area contributed by atoms with Gasteiger partial charge in [0.15, 0.2) is 5.69 Å². The molecule has 1 aliphatic heterocycles. The van der Waals surface area contributed by atoms with E-state index < -0.39 is 11.9 Å². The van der Waals surface area contributed by atoms with Gasteiger partial charge >= 0.3 is 6.18 Å². The van der Waals surface area contributed by atoms with Crippen molar-refractivity contribution < 1.29 is 13.2 Å². The van der Waals surface area contributed by atoms with Gasteiger partial charge < -0.3 is 9.88 Å². The number of aromatic nitrogens is 2. The average Bonchev–Trinajstić information content (AvgIpc) is 2.82. The van der Waals surface area contributed by atoms with Crippen molar-refractivity contribution in [2.75, 3.05) is 11.9 Å². The highest BCUT2D eigenvalue weighted by molar-refractivity contribution is 5.40. The minimum absolute atomic E-state index is 0.106. The van der Waals surface area contributed by atoms with Crippen molar-refractivity contribution >= 4 is 5.95 Å². The van der Waals surface area contributed by atoms with Gasteiger partial charge in [-0.3, -0.25) is 0 Å². The Labute approximate surface area is 120 Å². The molecule has 21 heavy (non-hydrogen) atoms. The molecule has 1 aromatic heterocycles. The van der Waals surface area contributed by atoms with E-state index in [1.807, 2.05) is 26.0 Å². The van der Waals surface area contributed by atoms with Crippen LogP contribution in [-0.2, 0) is 6.18 Å². The summed E-state index contributed by atoms with van der Waals surface area (Å²) in [6.07, 6.45) is -2.57. The molecule has 0 fully saturated rings. The molecule has 0 bridgehead atoms. The van der Waals surface area contributed by atoms with Crippen molar-refractivity contribution in [3.05, 3.63) is 46.8 Å². The molecule has 2 aromatic rings. The Morgan fingerprint density at radius 1 is 1.29 bits per heavy atom. The van der Waals surface area contributed by atoms with Gasteiger partial charge in [-0.25, -0.2) is 4.98 Å². The summed E-state index contributed by atoms with van der Waals surface area (Å²) >= 11 is 0. The number of hydrogen-bond donors (Lipinski definition) is 1. The van der Waals surface area contributed by atoms with Crippen molar-refractivity contribution in [2.24, 2.45) is 0 Å². The molecule has 6 heteroatoms. The van der Waals surface area contributed by atoms with Gasteiger partial charge in [-0.2, -0.15) is 13.2 Å². The zero-order valence-corrected chi connectivity index (χ0v) is 11.8. The van der Waals surface area contributed by atoms with Gasteiger partial charge in [-0.1, -0.05) is 23.8 Å². The maximum Gasteiger partial charge on any atom is 0.434 e. The highest BCUT2D eigenvalue weighted by Gasteiger charge is 2.36. The Hall–Kier alpha value is -1.98. The van der Waals surface area contributed by atoms with Crippen LogP contribution in [0.2, 0.25) is 0 Å². The molecule has 0 saturated carbocycles. The van der Waals surface area contributed by atoms with Crippen LogP contribution in [0.3, 0.4) is 0 Å². The van der Waals surface area contributed by atoms with Crippen molar-refractivity contribution in [1.82, 2.24) is 9.55 Å². The molecule has 3 nitrogen and oxygen atoms in total. The molecule has 1 N–H and O–H groups in total. The maximum atomic E-state index is 12.8. The van der Waals surface area contributed by atoms with E-state index in [4.69, 9.17) is 0 Å². The molecular weight excluding hydrogens is 279 g/mol. The first-order valence-electron chi connectivity index (χ1n) is 6.83. The molecule has 0 radical (unpaired) electrons. The number of halogens is 3. The summed E-state index contributed by atoms with van der Waals surface area (Å²) in [6, 6.07) is 5.94. The minimum atomic E-state index is -4.42. The predicted molar refractivity (Wildman–Crippen MR) is 74.4 cm³/mol. The highest BCUT2D eigenvalue weighted by Crippen LogP contribution is 2.36. The lowest BCUT2D eigenvalue weighted by Crippen LogP contribution is -2.23. The second kappa shape index (κ2) is 4.79. The van der Waals surface area contributed by atoms with E-state index in [2.05, 4.69) is 16.4 Å². The van der Waals surface area contributed by atoms with Gasteiger partial charge in [-0.05, 0) is 31.4 Å². The third-order valence-electron chi connectivity index (χ3n) is 3.84. The molecule has 1 atom stereocenters. The second-order valence-corrected chi connectivity index (χ2v) is 5.45. The molecule has 2 heterocycles. The van der Waals surface area contributed by atoms with Crippen LogP contribution < -0.4 is 5.32 Å². The van der Waals surface area contributed by atoms with E-state index in [1.165, 1.54) is 0 Å². The smallest absolute Gasteiger partial charge is 0.356 e. The van der Waals surface area contributed by atoms with Crippen LogP contribution in [0.25, 0.3) is 0 Å². The summed E-state index contributed by atoms with van der Waals surface area (Å²) in [5, 5.41) is 2.94. The minimum Gasteiger partial charge on any atom is -0.356 e. The second-order valence-electron chi connectivity index (χ2n) is 5.45. The van der Waals surface area contributed by atoms with Gasteiger partial charge in [-0.15, -0.1) is 0 Å². The Balaban J connectivity index is 2.06. The molecule has 112 valence electrons. The number of hydrogen-bond acceptors (Lipinski definition) is 2. The normalized spacial score (nSPS) is 18.2. The largest absolute Gasteiger partial charge is 0.434 e. The fraction of sp³-hybridized carbons (Fsp3) is 0.400. The van der Waals surface area contributed by atoms with Gasteiger partial charge in [0, 0.05) is 12.7 Å². The van der Waals surface area contributed by atoms with Crippen LogP contribution in [0, 0.1) is 13.8 Å². The topological polar surface area (TPSA) is 29.9 Å². The zero-order valence-electron chi connectivity index (χ0n) is 11.8. The number of benzene rings is 1. The summed E-state index contributed by atoms with van der Waals surface area (Å²) in [5.41, 5.74) is 2.44. The van der Waals surface area contributed by atoms with E-state index >= 15 is 0 Å². The molecular formula is C15H16F3N3. The number of rotatable bonds is 1. The number of anilines is 1. The van der Waals surface area contributed by atoms with Gasteiger partial charge in [0.1, 0.15) is 0 Å². The summed E-state index contributed by atoms with van der Waals surface area (Å²) in [4.78, 5) is 3.67. The van der Waals surface area contributed by atoms with Gasteiger partial charge in [0.25, 0.3) is 0 Å². The Morgan fingerprint density at radius 2 is 2.05 bits per heavy atom. The van der Waals surface area contributed by atoms with Crippen LogP contribution >= 0.6 is 0 Å². The lowest BCUT2D eigenvalue weighted by atomic mass is 9.96. The Morgan fingerprint density at radius 3 is 2.71 bits per heavy atom. The van der Waals surface area contributed by atoms with E-state index in [0.29, 0.717) is 12.5 Å². The zero-order chi connectivity index (χ0) is 15.2. The molecule has 0 aliphatic carbocycles. The fourth-order valence-electron chi connectivity index (χ4n) is 2.86. The standard InChI is InChI=1S/C15H16F3N3/c1-9-3-4-11(10(2)7-9)12-5-6-19-14-20-13(8-21(12)14)15(16,17)18/h3-4,7-8,12H,5-6H2,1-2H3,(H,19,20). The van der Waals surface area contributed by atoms with E-state index in [9.17, 15) is 13.2 Å². The van der Waals surface area contributed by atoms with Crippen molar-refractivity contribution in [2.45, 2.75) is 32.5 Å². The lowest BCUT2D eigenvalue weighted by molar-refractivity contribution is -0.140. The molecule has 0 amide bonds. The Kier molecular flexibility index (Phi) is 3.19. The summed E-state index contributed by atoms with van der Waals surface area (Å²) < 4.78 is 40.1. The van der Waals surface area contributed by atoms with Crippen LogP contribution in [0.15, 0.2) is 24.4 Å². The number of imidazole rings is 1. The van der Waals surface area contributed by atoms with E-state index in [0.717, 1.165) is 29.3 Å². The van der Waals surface area contributed by atoms with Crippen LogP contribution in [0.1, 0.15) is 34.8 Å². The highest BCUT2D eigenvalue weighted by atomic mass is 19.4. The third kappa shape index (κ3) is 2.50. The molecule has 3 rings (SSSR count). The number of aryl methyl sites for hydroxylation is 2. The van der Waals surface area contributed by atoms with Crippen molar-refractivity contribution in [3.8, 4) is 0 Å².